The van der Waals surface area contributed by atoms with Gasteiger partial charge in [0.25, 0.3) is 0 Å². The Morgan fingerprint density at radius 2 is 0.364 bits per heavy atom. The number of hydrogen-bond donors (Lipinski definition) is 0. The van der Waals surface area contributed by atoms with E-state index < -0.39 is 0 Å². The molecule has 0 aliphatic heterocycles. The lowest BCUT2D eigenvalue weighted by Crippen LogP contribution is -1.94. The van der Waals surface area contributed by atoms with Gasteiger partial charge < -0.3 is 0 Å². The van der Waals surface area contributed by atoms with Crippen molar-refractivity contribution < 1.29 is 0 Å². The molecule has 14 rings (SSSR count). The summed E-state index contributed by atoms with van der Waals surface area (Å²) in [6.07, 6.45) is 0. The van der Waals surface area contributed by atoms with Crippen LogP contribution in [0, 0.1) is 0 Å². The first-order valence-corrected chi connectivity index (χ1v) is 23.0. The Hall–Kier alpha value is -8.58. The van der Waals surface area contributed by atoms with Gasteiger partial charge in [-0.05, 0) is 154 Å². The smallest absolute Gasteiger partial charge is 0.00137 e. The lowest BCUT2D eigenvalue weighted by Gasteiger charge is -2.21. The second-order valence-electron chi connectivity index (χ2n) is 17.8. The number of hydrogen-bond acceptors (Lipinski definition) is 0. The van der Waals surface area contributed by atoms with E-state index in [1.165, 1.54) is 141 Å². The highest BCUT2D eigenvalue weighted by atomic mass is 14.3. The number of benzene rings is 14. The Bertz CT molecular complexity index is 4030. The summed E-state index contributed by atoms with van der Waals surface area (Å²) in [5, 5.41) is 22.9. The maximum atomic E-state index is 2.51. The molecule has 0 saturated heterocycles. The van der Waals surface area contributed by atoms with Gasteiger partial charge in [0.15, 0.2) is 0 Å². The average molecular weight is 833 g/mol. The summed E-state index contributed by atoms with van der Waals surface area (Å²) in [4.78, 5) is 0. The van der Waals surface area contributed by atoms with Crippen molar-refractivity contribution in [2.45, 2.75) is 0 Å². The molecule has 0 nitrogen and oxygen atoms in total. The van der Waals surface area contributed by atoms with Gasteiger partial charge in [-0.3, -0.25) is 0 Å². The van der Waals surface area contributed by atoms with E-state index in [0.29, 0.717) is 0 Å². The van der Waals surface area contributed by atoms with Crippen LogP contribution in [0.4, 0.5) is 0 Å². The van der Waals surface area contributed by atoms with E-state index >= 15 is 0 Å². The molecule has 14 aromatic carbocycles. The molecule has 0 aliphatic carbocycles. The monoisotopic (exact) mass is 832 g/mol. The molecular weight excluding hydrogens is 793 g/mol. The highest BCUT2D eigenvalue weighted by molar-refractivity contribution is 6.40. The molecule has 0 atom stereocenters. The molecule has 0 amide bonds. The molecule has 0 radical (unpaired) electrons. The van der Waals surface area contributed by atoms with Crippen LogP contribution in [0.3, 0.4) is 0 Å². The van der Waals surface area contributed by atoms with Crippen LogP contribution in [0.25, 0.3) is 141 Å². The third-order valence-electron chi connectivity index (χ3n) is 14.4. The molecule has 0 spiro atoms. The average Bonchev–Trinajstić information content (AvgIpc) is 3.40. The van der Waals surface area contributed by atoms with Crippen molar-refractivity contribution in [3.63, 3.8) is 0 Å². The van der Waals surface area contributed by atoms with E-state index in [2.05, 4.69) is 243 Å². The zero-order valence-electron chi connectivity index (χ0n) is 36.1. The minimum absolute atomic E-state index is 1.22. The van der Waals surface area contributed by atoms with E-state index in [1.807, 2.05) is 0 Å². The zero-order valence-corrected chi connectivity index (χ0v) is 36.1. The van der Waals surface area contributed by atoms with Crippen molar-refractivity contribution in [3.05, 3.63) is 243 Å². The fourth-order valence-electron chi connectivity index (χ4n) is 11.7. The van der Waals surface area contributed by atoms with Crippen LogP contribution in [-0.2, 0) is 0 Å². The standard InChI is InChI=1S/C66H40/c1-3-19-41(20-4-1)61-53-29-13-7-23-45(53)47-25-9-15-31-55(47)63(61)43-35-37-51-49-27-11-18-34-58(49)66-60-40-44(36-38-52(60)50-28-12-17-33-57(50)65(66)59(51)39-43)64-56-32-16-10-26-48(56)46-24-8-14-30-54(46)62(64)42-21-5-2-6-22-42/h1-40H. The lowest BCUT2D eigenvalue weighted by atomic mass is 9.82. The molecule has 0 heterocycles. The largest absolute Gasteiger partial charge is 0.0622 e. The number of fused-ring (bicyclic) bond motifs is 17. The molecule has 304 valence electrons. The third-order valence-corrected chi connectivity index (χ3v) is 14.4. The van der Waals surface area contributed by atoms with Crippen LogP contribution in [0.1, 0.15) is 0 Å². The van der Waals surface area contributed by atoms with Gasteiger partial charge in [0.05, 0.1) is 0 Å². The minimum Gasteiger partial charge on any atom is -0.0622 e. The van der Waals surface area contributed by atoms with E-state index in [-0.39, 0.29) is 0 Å². The van der Waals surface area contributed by atoms with Crippen molar-refractivity contribution in [1.29, 1.82) is 0 Å². The molecule has 0 aliphatic rings. The predicted octanol–water partition coefficient (Wildman–Crippen LogP) is 18.7. The Labute approximate surface area is 382 Å². The molecular formula is C66H40. The SMILES string of the molecule is c1ccc(-c2c(-c3ccc4c5ccccc5c5c6cc(-c7c(-c8ccccc8)c8ccccc8c8ccccc78)ccc6c6ccccc6c5c4c3)c3ccccc3c3ccccc23)cc1. The Morgan fingerprint density at radius 1 is 0.136 bits per heavy atom. The molecule has 14 aromatic rings. The van der Waals surface area contributed by atoms with E-state index in [4.69, 9.17) is 0 Å². The van der Waals surface area contributed by atoms with E-state index in [0.717, 1.165) is 0 Å². The Morgan fingerprint density at radius 3 is 0.682 bits per heavy atom. The molecule has 0 unspecified atom stereocenters. The van der Waals surface area contributed by atoms with Crippen LogP contribution in [0.5, 0.6) is 0 Å². The maximum Gasteiger partial charge on any atom is -0.00137 e. The van der Waals surface area contributed by atoms with Gasteiger partial charge >= 0.3 is 0 Å². The van der Waals surface area contributed by atoms with Gasteiger partial charge in [-0.25, -0.2) is 0 Å². The van der Waals surface area contributed by atoms with E-state index in [1.54, 1.807) is 0 Å². The van der Waals surface area contributed by atoms with Crippen molar-refractivity contribution in [3.8, 4) is 44.5 Å². The summed E-state index contributed by atoms with van der Waals surface area (Å²) in [6, 6.07) is 90.5. The van der Waals surface area contributed by atoms with Gasteiger partial charge in [0, 0.05) is 0 Å². The van der Waals surface area contributed by atoms with Crippen molar-refractivity contribution >= 4 is 97.0 Å². The topological polar surface area (TPSA) is 0 Å². The minimum atomic E-state index is 1.22. The van der Waals surface area contributed by atoms with Gasteiger partial charge in [-0.2, -0.15) is 0 Å². The van der Waals surface area contributed by atoms with Crippen molar-refractivity contribution in [2.24, 2.45) is 0 Å². The summed E-state index contributed by atoms with van der Waals surface area (Å²) in [7, 11) is 0. The maximum absolute atomic E-state index is 2.51. The molecule has 0 saturated carbocycles. The molecule has 66 heavy (non-hydrogen) atoms. The second kappa shape index (κ2) is 14.5. The van der Waals surface area contributed by atoms with Crippen molar-refractivity contribution in [2.75, 3.05) is 0 Å². The predicted molar refractivity (Wildman–Crippen MR) is 286 cm³/mol. The van der Waals surface area contributed by atoms with Crippen molar-refractivity contribution in [1.82, 2.24) is 0 Å². The number of rotatable bonds is 4. The zero-order chi connectivity index (χ0) is 43.3. The Balaban J connectivity index is 1.15. The summed E-state index contributed by atoms with van der Waals surface area (Å²) in [6.45, 7) is 0. The second-order valence-corrected chi connectivity index (χ2v) is 17.8. The summed E-state index contributed by atoms with van der Waals surface area (Å²) < 4.78 is 0. The molecule has 0 heteroatoms. The van der Waals surface area contributed by atoms with Gasteiger partial charge in [-0.1, -0.05) is 231 Å². The summed E-state index contributed by atoms with van der Waals surface area (Å²) >= 11 is 0. The molecule has 0 N–H and O–H groups in total. The summed E-state index contributed by atoms with van der Waals surface area (Å²) in [5.41, 5.74) is 9.94. The summed E-state index contributed by atoms with van der Waals surface area (Å²) in [5.74, 6) is 0. The quantitative estimate of drug-likeness (QED) is 0.155. The van der Waals surface area contributed by atoms with Crippen LogP contribution in [0.2, 0.25) is 0 Å². The fraction of sp³-hybridized carbons (Fsp3) is 0. The third kappa shape index (κ3) is 5.33. The molecule has 0 aromatic heterocycles. The van der Waals surface area contributed by atoms with Crippen LogP contribution < -0.4 is 0 Å². The highest BCUT2D eigenvalue weighted by Gasteiger charge is 2.23. The first-order valence-electron chi connectivity index (χ1n) is 23.0. The van der Waals surface area contributed by atoms with Gasteiger partial charge in [0.1, 0.15) is 0 Å². The first kappa shape index (κ1) is 36.9. The van der Waals surface area contributed by atoms with Gasteiger partial charge in [0.2, 0.25) is 0 Å². The van der Waals surface area contributed by atoms with Gasteiger partial charge in [-0.15, -0.1) is 0 Å². The highest BCUT2D eigenvalue weighted by Crippen LogP contribution is 2.50. The van der Waals surface area contributed by atoms with E-state index in [9.17, 15) is 0 Å². The van der Waals surface area contributed by atoms with Crippen LogP contribution in [-0.4, -0.2) is 0 Å². The lowest BCUT2D eigenvalue weighted by molar-refractivity contribution is 1.64. The Kier molecular flexibility index (Phi) is 8.08. The van der Waals surface area contributed by atoms with Crippen LogP contribution >= 0.6 is 0 Å². The van der Waals surface area contributed by atoms with Crippen LogP contribution in [0.15, 0.2) is 243 Å². The molecule has 0 bridgehead atoms. The fourth-order valence-corrected chi connectivity index (χ4v) is 11.7. The first-order chi connectivity index (χ1) is 32.8. The molecule has 0 fully saturated rings. The normalized spacial score (nSPS) is 11.9.